The Hall–Kier alpha value is -7.42. The van der Waals surface area contributed by atoms with Gasteiger partial charge in [0.15, 0.2) is 0 Å². The summed E-state index contributed by atoms with van der Waals surface area (Å²) < 4.78 is 0. The average Bonchev–Trinajstić information content (AvgIpc) is 3.44. The van der Waals surface area contributed by atoms with Gasteiger partial charge in [-0.05, 0) is 177 Å². The molecule has 2 unspecified atom stereocenters. The number of aryl methyl sites for hydroxylation is 6. The molecule has 0 spiro atoms. The molecule has 4 aliphatic carbocycles. The van der Waals surface area contributed by atoms with Crippen LogP contribution >= 0.6 is 0 Å². The number of hydrogen-bond acceptors (Lipinski definition) is 1. The van der Waals surface area contributed by atoms with E-state index in [1.807, 2.05) is 0 Å². The summed E-state index contributed by atoms with van der Waals surface area (Å²) in [5.41, 5.74) is 24.5. The van der Waals surface area contributed by atoms with Crippen molar-refractivity contribution in [2.45, 2.75) is 90.9 Å². The fourth-order valence-electron chi connectivity index (χ4n) is 15.7. The van der Waals surface area contributed by atoms with Crippen LogP contribution in [0.3, 0.4) is 0 Å². The van der Waals surface area contributed by atoms with Crippen molar-refractivity contribution in [3.8, 4) is 22.3 Å². The highest BCUT2D eigenvalue weighted by molar-refractivity contribution is 6.96. The van der Waals surface area contributed by atoms with E-state index in [-0.39, 0.29) is 17.5 Å². The first-order valence-corrected chi connectivity index (χ1v) is 27.3. The quantitative estimate of drug-likeness (QED) is 0.124. The topological polar surface area (TPSA) is 3.24 Å². The van der Waals surface area contributed by atoms with Crippen LogP contribution in [-0.2, 0) is 10.8 Å². The van der Waals surface area contributed by atoms with E-state index in [2.05, 4.69) is 253 Å². The maximum absolute atomic E-state index is 2.52. The molecular formula is C72H66BN. The molecule has 4 bridgehead atoms. The molecule has 0 saturated heterocycles. The lowest BCUT2D eigenvalue weighted by atomic mass is 9.34. The standard InChI is InChI=1S/C72H66BN/c1-47-35-49(3)69(50(4)36-47)73(70-51(5)37-48(2)38-52(70)6)63-22-12-21-60(41-63)59-20-11-19-58(40-59)55-27-29-61(30-28-55)71-42-53-39-54(43-71)45-72(44-53,46-71)62-31-33-64(34-32-62)74(67-25-13-17-56-15-7-9-23-65(56)67)68-26-14-18-57-16-8-10-24-66(57)68/h7-38,40-41,53-54H,39,42-46H2,1-6H3. The lowest BCUT2D eigenvalue weighted by Gasteiger charge is -2.63. The number of anilines is 3. The van der Waals surface area contributed by atoms with Gasteiger partial charge >= 0.3 is 0 Å². The molecule has 0 aromatic heterocycles. The Morgan fingerprint density at radius 2 is 0.811 bits per heavy atom. The van der Waals surface area contributed by atoms with Gasteiger partial charge in [0.2, 0.25) is 6.71 Å². The monoisotopic (exact) mass is 956 g/mol. The van der Waals surface area contributed by atoms with Gasteiger partial charge in [0, 0.05) is 16.5 Å². The van der Waals surface area contributed by atoms with Crippen LogP contribution in [0.5, 0.6) is 0 Å². The van der Waals surface area contributed by atoms with E-state index in [1.54, 1.807) is 5.56 Å². The van der Waals surface area contributed by atoms with Gasteiger partial charge in [-0.1, -0.05) is 226 Å². The Morgan fingerprint density at radius 1 is 0.392 bits per heavy atom. The second-order valence-electron chi connectivity index (χ2n) is 23.2. The zero-order chi connectivity index (χ0) is 50.3. The van der Waals surface area contributed by atoms with Gasteiger partial charge < -0.3 is 4.90 Å². The summed E-state index contributed by atoms with van der Waals surface area (Å²) in [5.74, 6) is 1.53. The molecule has 4 saturated carbocycles. The zero-order valence-electron chi connectivity index (χ0n) is 44.1. The van der Waals surface area contributed by atoms with Gasteiger partial charge in [-0.3, -0.25) is 0 Å². The summed E-state index contributed by atoms with van der Waals surface area (Å²) in [7, 11) is 0. The highest BCUT2D eigenvalue weighted by atomic mass is 15.1. The van der Waals surface area contributed by atoms with E-state index in [0.29, 0.717) is 0 Å². The Balaban J connectivity index is 0.807. The van der Waals surface area contributed by atoms with Crippen molar-refractivity contribution in [2.75, 3.05) is 4.90 Å². The minimum atomic E-state index is 0.141. The van der Waals surface area contributed by atoms with Crippen molar-refractivity contribution in [1.29, 1.82) is 0 Å². The second-order valence-corrected chi connectivity index (χ2v) is 23.2. The predicted molar refractivity (Wildman–Crippen MR) is 317 cm³/mol. The summed E-state index contributed by atoms with van der Waals surface area (Å²) in [6.07, 6.45) is 7.87. The molecule has 4 aliphatic rings. The van der Waals surface area contributed by atoms with Gasteiger partial charge in [0.05, 0.1) is 11.4 Å². The summed E-state index contributed by atoms with van der Waals surface area (Å²) in [6, 6.07) is 79.0. The fourth-order valence-corrected chi connectivity index (χ4v) is 15.7. The van der Waals surface area contributed by atoms with Crippen molar-refractivity contribution >= 4 is 61.7 Å². The molecule has 14 rings (SSSR count). The third kappa shape index (κ3) is 8.01. The second kappa shape index (κ2) is 18.2. The largest absolute Gasteiger partial charge is 0.309 e. The molecule has 1 nitrogen and oxygen atoms in total. The van der Waals surface area contributed by atoms with Gasteiger partial charge in [-0.2, -0.15) is 0 Å². The van der Waals surface area contributed by atoms with Crippen molar-refractivity contribution in [3.05, 3.63) is 251 Å². The van der Waals surface area contributed by atoms with E-state index in [4.69, 9.17) is 0 Å². The van der Waals surface area contributed by atoms with Crippen molar-refractivity contribution in [1.82, 2.24) is 0 Å². The number of benzene rings is 10. The molecule has 10 aromatic rings. The normalized spacial score (nSPS) is 19.8. The highest BCUT2D eigenvalue weighted by Crippen LogP contribution is 2.66. The first-order valence-electron chi connectivity index (χ1n) is 27.3. The minimum Gasteiger partial charge on any atom is -0.309 e. The molecular weight excluding hydrogens is 890 g/mol. The van der Waals surface area contributed by atoms with E-state index in [1.165, 1.54) is 155 Å². The number of fused-ring (bicyclic) bond motifs is 2. The van der Waals surface area contributed by atoms with Crippen LogP contribution in [0.15, 0.2) is 206 Å². The molecule has 2 atom stereocenters. The summed E-state index contributed by atoms with van der Waals surface area (Å²) in [4.78, 5) is 2.50. The van der Waals surface area contributed by atoms with Gasteiger partial charge in [-0.15, -0.1) is 0 Å². The van der Waals surface area contributed by atoms with E-state index < -0.39 is 0 Å². The molecule has 10 aromatic carbocycles. The molecule has 4 fully saturated rings. The summed E-state index contributed by atoms with van der Waals surface area (Å²) in [5, 5.41) is 5.03. The Morgan fingerprint density at radius 3 is 1.32 bits per heavy atom. The van der Waals surface area contributed by atoms with Crippen LogP contribution in [0.4, 0.5) is 17.1 Å². The maximum Gasteiger partial charge on any atom is 0.242 e. The van der Waals surface area contributed by atoms with Gasteiger partial charge in [0.1, 0.15) is 0 Å². The Bertz CT molecular complexity index is 3580. The summed E-state index contributed by atoms with van der Waals surface area (Å²) in [6.45, 7) is 13.8. The molecule has 2 heteroatoms. The van der Waals surface area contributed by atoms with Crippen LogP contribution in [0.25, 0.3) is 43.8 Å². The smallest absolute Gasteiger partial charge is 0.242 e. The third-order valence-electron chi connectivity index (χ3n) is 18.1. The minimum absolute atomic E-state index is 0.141. The van der Waals surface area contributed by atoms with Crippen molar-refractivity contribution in [3.63, 3.8) is 0 Å². The molecule has 0 aliphatic heterocycles. The molecule has 0 amide bonds. The molecule has 0 heterocycles. The van der Waals surface area contributed by atoms with Crippen LogP contribution in [-0.4, -0.2) is 6.71 Å². The van der Waals surface area contributed by atoms with Crippen molar-refractivity contribution < 1.29 is 0 Å². The lowest BCUT2D eigenvalue weighted by Crippen LogP contribution is -2.55. The van der Waals surface area contributed by atoms with E-state index in [9.17, 15) is 0 Å². The highest BCUT2D eigenvalue weighted by Gasteiger charge is 2.58. The SMILES string of the molecule is Cc1cc(C)c(B(c2cccc(-c3cccc(-c4ccc(C56CC7CC(C5)CC(c5ccc(N(c8cccc9ccccc89)c8cccc9ccccc89)cc5)(C7)C6)cc4)c3)c2)c2c(C)cc(C)cc2C)c(C)c1. The van der Waals surface area contributed by atoms with Crippen LogP contribution < -0.4 is 21.3 Å². The average molecular weight is 956 g/mol. The van der Waals surface area contributed by atoms with E-state index in [0.717, 1.165) is 11.8 Å². The lowest BCUT2D eigenvalue weighted by molar-refractivity contribution is -0.0281. The first-order chi connectivity index (χ1) is 36.0. The molecule has 362 valence electrons. The van der Waals surface area contributed by atoms with Gasteiger partial charge in [0.25, 0.3) is 0 Å². The summed E-state index contributed by atoms with van der Waals surface area (Å²) >= 11 is 0. The van der Waals surface area contributed by atoms with Crippen LogP contribution in [0.2, 0.25) is 0 Å². The van der Waals surface area contributed by atoms with E-state index >= 15 is 0 Å². The van der Waals surface area contributed by atoms with Crippen molar-refractivity contribution in [2.24, 2.45) is 11.8 Å². The number of rotatable bonds is 10. The van der Waals surface area contributed by atoms with Gasteiger partial charge in [-0.25, -0.2) is 0 Å². The predicted octanol–water partition coefficient (Wildman–Crippen LogP) is 17.0. The Kier molecular flexibility index (Phi) is 11.4. The first kappa shape index (κ1) is 46.4. The number of hydrogen-bond donors (Lipinski definition) is 0. The van der Waals surface area contributed by atoms with Crippen LogP contribution in [0, 0.1) is 53.4 Å². The number of nitrogens with zero attached hydrogens (tertiary/aromatic N) is 1. The molecule has 0 N–H and O–H groups in total. The molecule has 0 radical (unpaired) electrons. The third-order valence-corrected chi connectivity index (χ3v) is 18.1. The zero-order valence-corrected chi connectivity index (χ0v) is 44.1. The van der Waals surface area contributed by atoms with Crippen LogP contribution in [0.1, 0.15) is 83.0 Å². The maximum atomic E-state index is 2.52. The molecule has 74 heavy (non-hydrogen) atoms. The Labute approximate surface area is 440 Å². The fraction of sp³-hybridized carbons (Fsp3) is 0.222.